The highest BCUT2D eigenvalue weighted by molar-refractivity contribution is 5.41. The molecule has 1 aliphatic rings. The van der Waals surface area contributed by atoms with Crippen molar-refractivity contribution in [2.24, 2.45) is 5.73 Å². The van der Waals surface area contributed by atoms with Crippen LogP contribution in [-0.4, -0.2) is 32.0 Å². The molecule has 0 radical (unpaired) electrons. The fraction of sp³-hybridized carbons (Fsp3) is 0.625. The molecule has 1 fully saturated rings. The van der Waals surface area contributed by atoms with E-state index < -0.39 is 0 Å². The largest absolute Gasteiger partial charge is 0.493 e. The van der Waals surface area contributed by atoms with Crippen LogP contribution in [0.15, 0.2) is 18.2 Å². The molecule has 20 heavy (non-hydrogen) atoms. The van der Waals surface area contributed by atoms with Crippen molar-refractivity contribution in [1.82, 2.24) is 0 Å². The number of hydrogen-bond donors (Lipinski definition) is 1. The highest BCUT2D eigenvalue weighted by Crippen LogP contribution is 2.28. The fourth-order valence-corrected chi connectivity index (χ4v) is 2.26. The van der Waals surface area contributed by atoms with E-state index in [4.69, 9.17) is 19.9 Å². The van der Waals surface area contributed by atoms with Gasteiger partial charge >= 0.3 is 0 Å². The van der Waals surface area contributed by atoms with Crippen LogP contribution in [0.25, 0.3) is 0 Å². The molecule has 0 saturated carbocycles. The van der Waals surface area contributed by atoms with Gasteiger partial charge in [0.1, 0.15) is 17.6 Å². The van der Waals surface area contributed by atoms with Crippen molar-refractivity contribution < 1.29 is 14.2 Å². The van der Waals surface area contributed by atoms with Crippen LogP contribution in [0.5, 0.6) is 11.5 Å². The van der Waals surface area contributed by atoms with E-state index in [9.17, 15) is 0 Å². The second-order valence-corrected chi connectivity index (χ2v) is 5.40. The zero-order valence-corrected chi connectivity index (χ0v) is 12.4. The Bertz CT molecular complexity index is 414. The lowest BCUT2D eigenvalue weighted by molar-refractivity contribution is 0.140. The molecule has 0 spiro atoms. The second-order valence-electron chi connectivity index (χ2n) is 5.40. The van der Waals surface area contributed by atoms with Gasteiger partial charge in [-0.3, -0.25) is 0 Å². The van der Waals surface area contributed by atoms with Crippen molar-refractivity contribution in [1.29, 1.82) is 0 Å². The summed E-state index contributed by atoms with van der Waals surface area (Å²) in [5, 5.41) is 0. The van der Waals surface area contributed by atoms with Gasteiger partial charge in [0, 0.05) is 18.5 Å². The molecule has 1 heterocycles. The lowest BCUT2D eigenvalue weighted by Crippen LogP contribution is -2.21. The second kappa shape index (κ2) is 7.50. The van der Waals surface area contributed by atoms with Crippen LogP contribution >= 0.6 is 0 Å². The third-order valence-electron chi connectivity index (χ3n) is 3.23. The first-order valence-electron chi connectivity index (χ1n) is 7.44. The van der Waals surface area contributed by atoms with E-state index >= 15 is 0 Å². The topological polar surface area (TPSA) is 53.7 Å². The SMILES string of the molecule is CCCOc1ccc(CC(C)N)c(OC2CCOC2)c1. The van der Waals surface area contributed by atoms with E-state index in [0.717, 1.165) is 49.5 Å². The molecule has 2 N–H and O–H groups in total. The maximum absolute atomic E-state index is 6.07. The Kier molecular flexibility index (Phi) is 5.68. The molecule has 0 amide bonds. The van der Waals surface area contributed by atoms with Crippen molar-refractivity contribution in [3.05, 3.63) is 23.8 Å². The smallest absolute Gasteiger partial charge is 0.126 e. The lowest BCUT2D eigenvalue weighted by atomic mass is 10.1. The van der Waals surface area contributed by atoms with Gasteiger partial charge < -0.3 is 19.9 Å². The third-order valence-corrected chi connectivity index (χ3v) is 3.23. The van der Waals surface area contributed by atoms with Crippen LogP contribution < -0.4 is 15.2 Å². The van der Waals surface area contributed by atoms with Gasteiger partial charge in [-0.2, -0.15) is 0 Å². The number of hydrogen-bond acceptors (Lipinski definition) is 4. The van der Waals surface area contributed by atoms with Gasteiger partial charge in [-0.15, -0.1) is 0 Å². The normalized spacial score (nSPS) is 19.9. The van der Waals surface area contributed by atoms with Gasteiger partial charge in [-0.1, -0.05) is 13.0 Å². The molecule has 112 valence electrons. The summed E-state index contributed by atoms with van der Waals surface area (Å²) >= 11 is 0. The molecule has 0 aromatic heterocycles. The summed E-state index contributed by atoms with van der Waals surface area (Å²) in [5.41, 5.74) is 7.04. The molecule has 4 heteroatoms. The molecule has 4 nitrogen and oxygen atoms in total. The summed E-state index contributed by atoms with van der Waals surface area (Å²) < 4.78 is 17.1. The molecule has 1 saturated heterocycles. The predicted octanol–water partition coefficient (Wildman–Crippen LogP) is 2.53. The standard InChI is InChI=1S/C16H25NO3/c1-3-7-19-14-5-4-13(9-12(2)17)16(10-14)20-15-6-8-18-11-15/h4-5,10,12,15H,3,6-9,11,17H2,1-2H3. The van der Waals surface area contributed by atoms with Gasteiger partial charge in [0.2, 0.25) is 0 Å². The van der Waals surface area contributed by atoms with Crippen LogP contribution in [0, 0.1) is 0 Å². The summed E-state index contributed by atoms with van der Waals surface area (Å²) in [6.07, 6.45) is 2.88. The summed E-state index contributed by atoms with van der Waals surface area (Å²) in [6, 6.07) is 6.14. The molecule has 0 bridgehead atoms. The summed E-state index contributed by atoms with van der Waals surface area (Å²) in [7, 11) is 0. The Morgan fingerprint density at radius 3 is 2.95 bits per heavy atom. The van der Waals surface area contributed by atoms with E-state index in [2.05, 4.69) is 13.0 Å². The molecular formula is C16H25NO3. The molecule has 2 rings (SSSR count). The minimum Gasteiger partial charge on any atom is -0.493 e. The first-order valence-corrected chi connectivity index (χ1v) is 7.44. The van der Waals surface area contributed by atoms with E-state index in [1.807, 2.05) is 19.1 Å². The summed E-state index contributed by atoms with van der Waals surface area (Å²) in [4.78, 5) is 0. The van der Waals surface area contributed by atoms with Gasteiger partial charge in [0.05, 0.1) is 19.8 Å². The third kappa shape index (κ3) is 4.39. The van der Waals surface area contributed by atoms with Crippen LogP contribution in [0.2, 0.25) is 0 Å². The molecule has 1 aromatic carbocycles. The van der Waals surface area contributed by atoms with E-state index in [1.54, 1.807) is 0 Å². The van der Waals surface area contributed by atoms with E-state index in [1.165, 1.54) is 0 Å². The van der Waals surface area contributed by atoms with Gasteiger partial charge in [0.25, 0.3) is 0 Å². The maximum atomic E-state index is 6.07. The van der Waals surface area contributed by atoms with Gasteiger partial charge in [-0.25, -0.2) is 0 Å². The average Bonchev–Trinajstić information content (AvgIpc) is 2.91. The molecule has 1 aromatic rings. The zero-order valence-electron chi connectivity index (χ0n) is 12.4. The van der Waals surface area contributed by atoms with Gasteiger partial charge in [0.15, 0.2) is 0 Å². The maximum Gasteiger partial charge on any atom is 0.126 e. The fourth-order valence-electron chi connectivity index (χ4n) is 2.26. The highest BCUT2D eigenvalue weighted by Gasteiger charge is 2.19. The van der Waals surface area contributed by atoms with Crippen molar-refractivity contribution >= 4 is 0 Å². The van der Waals surface area contributed by atoms with Crippen molar-refractivity contribution in [2.45, 2.75) is 45.3 Å². The highest BCUT2D eigenvalue weighted by atomic mass is 16.5. The Morgan fingerprint density at radius 1 is 1.45 bits per heavy atom. The zero-order chi connectivity index (χ0) is 14.4. The van der Waals surface area contributed by atoms with Crippen LogP contribution in [0.4, 0.5) is 0 Å². The molecule has 2 unspecified atom stereocenters. The quantitative estimate of drug-likeness (QED) is 0.833. The number of nitrogens with two attached hydrogens (primary N) is 1. The monoisotopic (exact) mass is 279 g/mol. The molecule has 0 aliphatic carbocycles. The van der Waals surface area contributed by atoms with Crippen molar-refractivity contribution in [3.63, 3.8) is 0 Å². The minimum absolute atomic E-state index is 0.111. The molecule has 2 atom stereocenters. The van der Waals surface area contributed by atoms with E-state index in [0.29, 0.717) is 6.61 Å². The predicted molar refractivity (Wildman–Crippen MR) is 79.4 cm³/mol. The first kappa shape index (κ1) is 15.1. The van der Waals surface area contributed by atoms with Crippen molar-refractivity contribution in [2.75, 3.05) is 19.8 Å². The lowest BCUT2D eigenvalue weighted by Gasteiger charge is -2.18. The van der Waals surface area contributed by atoms with Crippen LogP contribution in [0.1, 0.15) is 32.3 Å². The first-order chi connectivity index (χ1) is 9.69. The summed E-state index contributed by atoms with van der Waals surface area (Å²) in [5.74, 6) is 1.74. The Balaban J connectivity index is 2.12. The van der Waals surface area contributed by atoms with E-state index in [-0.39, 0.29) is 12.1 Å². The average molecular weight is 279 g/mol. The Morgan fingerprint density at radius 2 is 2.30 bits per heavy atom. The van der Waals surface area contributed by atoms with Crippen molar-refractivity contribution in [3.8, 4) is 11.5 Å². The minimum atomic E-state index is 0.111. The van der Waals surface area contributed by atoms with Gasteiger partial charge in [-0.05, 0) is 31.4 Å². The van der Waals surface area contributed by atoms with Crippen LogP contribution in [0.3, 0.4) is 0 Å². The number of ether oxygens (including phenoxy) is 3. The number of rotatable bonds is 7. The van der Waals surface area contributed by atoms with Crippen LogP contribution in [-0.2, 0) is 11.2 Å². The Hall–Kier alpha value is -1.26. The Labute approximate surface area is 121 Å². The molecule has 1 aliphatic heterocycles. The summed E-state index contributed by atoms with van der Waals surface area (Å²) in [6.45, 7) is 6.26. The molecular weight excluding hydrogens is 254 g/mol. The number of benzene rings is 1.